The summed E-state index contributed by atoms with van der Waals surface area (Å²) < 4.78 is 34.1. The molecule has 0 heterocycles. The van der Waals surface area contributed by atoms with Crippen LogP contribution >= 0.6 is 11.6 Å². The molecule has 2 atom stereocenters. The van der Waals surface area contributed by atoms with Crippen LogP contribution in [0.25, 0.3) is 0 Å². The fraction of sp³-hybridized carbons (Fsp3) is 0.355. The van der Waals surface area contributed by atoms with Crippen molar-refractivity contribution in [3.63, 3.8) is 0 Å². The number of hydrogen-bond donors (Lipinski definition) is 1. The van der Waals surface area contributed by atoms with Gasteiger partial charge in [-0.15, -0.1) is 0 Å². The highest BCUT2D eigenvalue weighted by atomic mass is 35.5. The molecule has 0 radical (unpaired) electrons. The Kier molecular flexibility index (Phi) is 11.6. The van der Waals surface area contributed by atoms with Crippen LogP contribution in [-0.4, -0.2) is 57.4 Å². The van der Waals surface area contributed by atoms with Crippen LogP contribution in [0.1, 0.15) is 39.2 Å². The normalized spacial score (nSPS) is 12.7. The Bertz CT molecular complexity index is 1400. The summed E-state index contributed by atoms with van der Waals surface area (Å²) in [5, 5.41) is 3.18. The Balaban J connectivity index is 2.03. The van der Waals surface area contributed by atoms with Gasteiger partial charge in [0, 0.05) is 12.6 Å². The minimum Gasteiger partial charge on any atom is -0.495 e. The van der Waals surface area contributed by atoms with Gasteiger partial charge in [-0.05, 0) is 62.1 Å². The van der Waals surface area contributed by atoms with E-state index in [0.29, 0.717) is 18.6 Å². The maximum atomic E-state index is 14.1. The number of anilines is 1. The fourth-order valence-corrected chi connectivity index (χ4v) is 6.07. The van der Waals surface area contributed by atoms with Crippen molar-refractivity contribution in [3.8, 4) is 5.75 Å². The standard InChI is InChI=1S/C31H38ClN3O5S/c1-5-23(3)33-31(37)28(6-2)34(20-19-24-13-9-7-10-14-24)30(36)22-35(25-17-18-29(40-4)27(32)21-25)41(38,39)26-15-11-8-12-16-26/h7-18,21,23,28H,5-6,19-20,22H2,1-4H3,(H,33,37)/t23-,28+/m1/s1. The highest BCUT2D eigenvalue weighted by Crippen LogP contribution is 2.32. The molecule has 0 saturated carbocycles. The van der Waals surface area contributed by atoms with Gasteiger partial charge >= 0.3 is 0 Å². The van der Waals surface area contributed by atoms with Crippen molar-refractivity contribution in [2.75, 3.05) is 24.5 Å². The second-order valence-corrected chi connectivity index (χ2v) is 12.0. The van der Waals surface area contributed by atoms with Gasteiger partial charge in [0.25, 0.3) is 10.0 Å². The molecule has 0 aliphatic heterocycles. The van der Waals surface area contributed by atoms with E-state index >= 15 is 0 Å². The van der Waals surface area contributed by atoms with Crippen molar-refractivity contribution < 1.29 is 22.7 Å². The molecule has 0 aromatic heterocycles. The number of amides is 2. The van der Waals surface area contributed by atoms with E-state index in [1.807, 2.05) is 51.1 Å². The number of sulfonamides is 1. The summed E-state index contributed by atoms with van der Waals surface area (Å²) in [6, 6.07) is 21.2. The number of carbonyl (C=O) groups excluding carboxylic acids is 2. The van der Waals surface area contributed by atoms with Crippen molar-refractivity contribution in [1.29, 1.82) is 0 Å². The molecular weight excluding hydrogens is 562 g/mol. The largest absolute Gasteiger partial charge is 0.495 e. The van der Waals surface area contributed by atoms with Crippen molar-refractivity contribution in [2.45, 2.75) is 57.0 Å². The van der Waals surface area contributed by atoms with Crippen molar-refractivity contribution in [2.24, 2.45) is 0 Å². The van der Waals surface area contributed by atoms with Gasteiger partial charge in [-0.2, -0.15) is 0 Å². The van der Waals surface area contributed by atoms with Gasteiger partial charge in [-0.25, -0.2) is 8.42 Å². The monoisotopic (exact) mass is 599 g/mol. The number of benzene rings is 3. The van der Waals surface area contributed by atoms with Crippen LogP contribution in [0.5, 0.6) is 5.75 Å². The number of hydrogen-bond acceptors (Lipinski definition) is 5. The molecule has 10 heteroatoms. The fourth-order valence-electron chi connectivity index (χ4n) is 4.40. The summed E-state index contributed by atoms with van der Waals surface area (Å²) >= 11 is 6.37. The molecule has 3 aromatic carbocycles. The molecule has 2 amide bonds. The number of nitrogens with zero attached hydrogens (tertiary/aromatic N) is 2. The zero-order valence-electron chi connectivity index (χ0n) is 23.9. The Morgan fingerprint density at radius 1 is 0.951 bits per heavy atom. The summed E-state index contributed by atoms with van der Waals surface area (Å²) in [7, 11) is -2.71. The van der Waals surface area contributed by atoms with Crippen LogP contribution in [0.2, 0.25) is 5.02 Å². The summed E-state index contributed by atoms with van der Waals surface area (Å²) in [5.41, 5.74) is 1.20. The average molecular weight is 600 g/mol. The molecule has 3 rings (SSSR count). The van der Waals surface area contributed by atoms with E-state index in [1.54, 1.807) is 30.3 Å². The first-order valence-electron chi connectivity index (χ1n) is 13.7. The molecule has 1 N–H and O–H groups in total. The van der Waals surface area contributed by atoms with Crippen LogP contribution in [0.3, 0.4) is 0 Å². The first-order valence-corrected chi connectivity index (χ1v) is 15.5. The molecule has 8 nitrogen and oxygen atoms in total. The third kappa shape index (κ3) is 8.24. The minimum atomic E-state index is -4.18. The van der Waals surface area contributed by atoms with E-state index < -0.39 is 28.5 Å². The summed E-state index contributed by atoms with van der Waals surface area (Å²) in [6.45, 7) is 5.42. The molecule has 0 aliphatic carbocycles. The number of nitrogens with one attached hydrogen (secondary N) is 1. The van der Waals surface area contributed by atoms with E-state index in [4.69, 9.17) is 16.3 Å². The number of carbonyl (C=O) groups is 2. The molecule has 0 spiro atoms. The van der Waals surface area contributed by atoms with Crippen LogP contribution in [0.4, 0.5) is 5.69 Å². The second kappa shape index (κ2) is 14.9. The molecule has 0 bridgehead atoms. The van der Waals surface area contributed by atoms with Crippen LogP contribution in [0, 0.1) is 0 Å². The van der Waals surface area contributed by atoms with E-state index in [-0.39, 0.29) is 34.1 Å². The molecule has 3 aromatic rings. The predicted molar refractivity (Wildman–Crippen MR) is 163 cm³/mol. The Labute approximate surface area is 248 Å². The molecule has 0 fully saturated rings. The van der Waals surface area contributed by atoms with Gasteiger partial charge in [0.05, 0.1) is 22.7 Å². The maximum Gasteiger partial charge on any atom is 0.264 e. The molecule has 0 saturated heterocycles. The summed E-state index contributed by atoms with van der Waals surface area (Å²) in [6.07, 6.45) is 1.60. The molecule has 0 unspecified atom stereocenters. The van der Waals surface area contributed by atoms with Gasteiger partial charge in [-0.1, -0.05) is 74.0 Å². The lowest BCUT2D eigenvalue weighted by Crippen LogP contribution is -2.54. The van der Waals surface area contributed by atoms with Crippen molar-refractivity contribution >= 4 is 39.1 Å². The zero-order valence-corrected chi connectivity index (χ0v) is 25.5. The Morgan fingerprint density at radius 3 is 2.15 bits per heavy atom. The second-order valence-electron chi connectivity index (χ2n) is 9.71. The van der Waals surface area contributed by atoms with Crippen LogP contribution in [0.15, 0.2) is 83.8 Å². The van der Waals surface area contributed by atoms with E-state index in [9.17, 15) is 18.0 Å². The molecule has 41 heavy (non-hydrogen) atoms. The number of rotatable bonds is 14. The lowest BCUT2D eigenvalue weighted by Gasteiger charge is -2.33. The Morgan fingerprint density at radius 2 is 1.59 bits per heavy atom. The third-order valence-electron chi connectivity index (χ3n) is 6.90. The van der Waals surface area contributed by atoms with E-state index in [0.717, 1.165) is 16.3 Å². The van der Waals surface area contributed by atoms with Crippen LogP contribution < -0.4 is 14.4 Å². The van der Waals surface area contributed by atoms with Crippen LogP contribution in [-0.2, 0) is 26.0 Å². The first kappa shape index (κ1) is 32.0. The predicted octanol–water partition coefficient (Wildman–Crippen LogP) is 5.31. The lowest BCUT2D eigenvalue weighted by molar-refractivity contribution is -0.139. The van der Waals surface area contributed by atoms with E-state index in [2.05, 4.69) is 5.32 Å². The SMILES string of the molecule is CC[C@@H](C)NC(=O)[C@H](CC)N(CCc1ccccc1)C(=O)CN(c1ccc(OC)c(Cl)c1)S(=O)(=O)c1ccccc1. The van der Waals surface area contributed by atoms with E-state index in [1.165, 1.54) is 30.2 Å². The zero-order chi connectivity index (χ0) is 30.0. The highest BCUT2D eigenvalue weighted by molar-refractivity contribution is 7.92. The molecule has 0 aliphatic rings. The summed E-state index contributed by atoms with van der Waals surface area (Å²) in [5.74, 6) is -0.400. The smallest absolute Gasteiger partial charge is 0.264 e. The number of methoxy groups -OCH3 is 1. The highest BCUT2D eigenvalue weighted by Gasteiger charge is 2.34. The molecular formula is C31H38ClN3O5S. The lowest BCUT2D eigenvalue weighted by atomic mass is 10.1. The Hall–Kier alpha value is -3.56. The van der Waals surface area contributed by atoms with Gasteiger partial charge in [0.1, 0.15) is 18.3 Å². The first-order chi connectivity index (χ1) is 19.6. The number of halogens is 1. The van der Waals surface area contributed by atoms with Gasteiger partial charge in [-0.3, -0.25) is 13.9 Å². The topological polar surface area (TPSA) is 96.0 Å². The van der Waals surface area contributed by atoms with Crippen molar-refractivity contribution in [1.82, 2.24) is 10.2 Å². The minimum absolute atomic E-state index is 0.0251. The number of ether oxygens (including phenoxy) is 1. The summed E-state index contributed by atoms with van der Waals surface area (Å²) in [4.78, 5) is 28.9. The third-order valence-corrected chi connectivity index (χ3v) is 8.99. The average Bonchev–Trinajstić information content (AvgIpc) is 2.98. The van der Waals surface area contributed by atoms with Gasteiger partial charge in [0.15, 0.2) is 0 Å². The maximum absolute atomic E-state index is 14.1. The van der Waals surface area contributed by atoms with Gasteiger partial charge < -0.3 is 15.0 Å². The quantitative estimate of drug-likeness (QED) is 0.271. The van der Waals surface area contributed by atoms with Crippen molar-refractivity contribution in [3.05, 3.63) is 89.4 Å². The molecule has 220 valence electrons. The van der Waals surface area contributed by atoms with Gasteiger partial charge in [0.2, 0.25) is 11.8 Å².